The molecule has 0 bridgehead atoms. The van der Waals surface area contributed by atoms with Crippen molar-refractivity contribution in [2.24, 2.45) is 0 Å². The van der Waals surface area contributed by atoms with E-state index in [1.807, 2.05) is 0 Å². The fraction of sp³-hybridized carbons (Fsp3) is 0.396. The van der Waals surface area contributed by atoms with Gasteiger partial charge in [-0.2, -0.15) is 20.3 Å². The Kier molecular flexibility index (Phi) is 54.5. The standard InChI is InChI=1S/C21H22FN3O4.C18H14FN3O3.C16H21FN2O3.C11H13FN2O.C10H11NO4.C9H16N2O3.C7H6BrF.C4H8N2O.C2HF3O2.CH3O.2CH4.Na/c1-14(2)29-21(28)19-17(4-3-9-23-19)20(27)25-11-10-24(18(26)13-25)12-15-5-7-16(22)8-6-15;19-12-5-3-11(4-6-12)10-21-8-9-22-15(18(21)25)16(23)14-13(17(22)24)2-1-7-20-14;1-16(2,3)22-15(21)19-9-8-18(14(20)11-19)10-12-4-6-13(17)7-5-12;12-10-3-1-9(2-4-10)8-14-6-5-13-7-11(14)15;1-6(2)15-10(14)8-7(9(12)13)4-3-5-11-8;1-9(2,3)14-8(13)11-5-4-10-7(12)6-11;8-5-6-1-3-7(9)4-2-6;7-4-3-5-1-2-6-4;3-2(4,5)1(6)7;1-2;;;/h3-9,14H,10-13H2,1-2H3;1-7,23H,8-10H2;4-7H,8-11H2,1-3H3;1-4,13H,5-8H2;3-6H,1-2H3,(H,12,13);4-6H2,1-3H3,(H,10,12);1-4H,5H2;5H,1-3H2,(H,6,7);(H,6,7);1H3;2*1H4;/q;;;;;;;;;-1;;;+1/p-1. The number of ether oxygens (including phenoxy) is 4. The zero-order valence-electron chi connectivity index (χ0n) is 82.3. The number of benzene rings is 5. The van der Waals surface area contributed by atoms with E-state index in [1.165, 1.54) is 122 Å². The molecule has 0 saturated carbocycles. The van der Waals surface area contributed by atoms with Crippen molar-refractivity contribution < 1.29 is 166 Å². The topological polar surface area (TPSA) is 477 Å². The van der Waals surface area contributed by atoms with Crippen molar-refractivity contribution >= 4 is 104 Å². The number of rotatable bonds is 15. The van der Waals surface area contributed by atoms with Crippen LogP contribution in [-0.2, 0) is 85.8 Å². The molecule has 0 radical (unpaired) electrons. The van der Waals surface area contributed by atoms with Crippen molar-refractivity contribution in [3.8, 4) is 5.75 Å². The first-order valence-electron chi connectivity index (χ1n) is 45.0. The number of piperazine rings is 5. The average molecular weight is 2150 g/mol. The number of halogens is 9. The second kappa shape index (κ2) is 62.9. The van der Waals surface area contributed by atoms with Crippen LogP contribution in [0.3, 0.4) is 0 Å². The maximum Gasteiger partial charge on any atom is 1.00 e. The van der Waals surface area contributed by atoms with Gasteiger partial charge in [-0.3, -0.25) is 57.7 Å². The molecule has 5 fully saturated rings. The minimum Gasteiger partial charge on any atom is -0.857 e. The van der Waals surface area contributed by atoms with Gasteiger partial charge in [-0.25, -0.2) is 55.9 Å². The molecule has 6 N–H and O–H groups in total. The molecule has 798 valence electrons. The van der Waals surface area contributed by atoms with Gasteiger partial charge in [0, 0.05) is 129 Å². The molecule has 15 rings (SSSR count). The summed E-state index contributed by atoms with van der Waals surface area (Å²) < 4.78 is 117. The largest absolute Gasteiger partial charge is 1.00 e. The molecule has 148 heavy (non-hydrogen) atoms. The Morgan fingerprint density at radius 2 is 0.824 bits per heavy atom. The molecule has 4 aromatic heterocycles. The fourth-order valence-electron chi connectivity index (χ4n) is 13.2. The Balaban J connectivity index is 0.000000440. The van der Waals surface area contributed by atoms with Gasteiger partial charge in [0.25, 0.3) is 17.4 Å². The number of carboxylic acids is 2. The van der Waals surface area contributed by atoms with Crippen molar-refractivity contribution in [3.63, 3.8) is 0 Å². The summed E-state index contributed by atoms with van der Waals surface area (Å²) in [5.74, 6) is -8.47. The predicted molar refractivity (Wildman–Crippen MR) is 524 cm³/mol. The number of nitrogens with one attached hydrogen (secondary N) is 4. The van der Waals surface area contributed by atoms with Gasteiger partial charge in [0.15, 0.2) is 22.8 Å². The van der Waals surface area contributed by atoms with Gasteiger partial charge in [0.05, 0.1) is 41.8 Å². The molecular formula is C101H122BrF8N15NaO22-. The third kappa shape index (κ3) is 44.0. The van der Waals surface area contributed by atoms with Crippen LogP contribution in [0.25, 0.3) is 10.9 Å². The Morgan fingerprint density at radius 1 is 0.453 bits per heavy atom. The first kappa shape index (κ1) is 128. The van der Waals surface area contributed by atoms with Crippen LogP contribution in [0.1, 0.15) is 164 Å². The first-order valence-corrected chi connectivity index (χ1v) is 46.2. The maximum absolute atomic E-state index is 13.0. The molecule has 47 heteroatoms. The number of aromatic carboxylic acids is 1. The summed E-state index contributed by atoms with van der Waals surface area (Å²) >= 11 is 3.26. The predicted octanol–water partition coefficient (Wildman–Crippen LogP) is 7.01. The molecule has 10 heterocycles. The number of aliphatic carboxylic acids is 1. The fourth-order valence-corrected chi connectivity index (χ4v) is 13.6. The summed E-state index contributed by atoms with van der Waals surface area (Å²) in [6.07, 6.45) is -2.51. The van der Waals surface area contributed by atoms with Crippen LogP contribution >= 0.6 is 15.9 Å². The molecule has 9 amide bonds. The average Bonchev–Trinajstić information content (AvgIpc) is 0.745. The number of aromatic nitrogens is 4. The molecule has 0 aliphatic carbocycles. The molecule has 0 unspecified atom stereocenters. The summed E-state index contributed by atoms with van der Waals surface area (Å²) in [5, 5.41) is 48.6. The van der Waals surface area contributed by atoms with Crippen LogP contribution in [-0.4, -0.2) is 283 Å². The number of carbonyl (C=O) groups excluding carboxylic acids is 12. The molecular weight excluding hydrogens is 2030 g/mol. The Morgan fingerprint density at radius 3 is 1.20 bits per heavy atom. The van der Waals surface area contributed by atoms with E-state index >= 15 is 0 Å². The molecule has 6 aliphatic rings. The summed E-state index contributed by atoms with van der Waals surface area (Å²) in [6, 6.07) is 39.6. The zero-order chi connectivity index (χ0) is 108. The van der Waals surface area contributed by atoms with E-state index in [2.05, 4.69) is 52.1 Å². The quantitative estimate of drug-likeness (QED) is 0.0198. The van der Waals surface area contributed by atoms with E-state index in [0.717, 1.165) is 66.4 Å². The van der Waals surface area contributed by atoms with Gasteiger partial charge in [0.2, 0.25) is 29.5 Å². The third-order valence-corrected chi connectivity index (χ3v) is 20.7. The van der Waals surface area contributed by atoms with Gasteiger partial charge in [-0.05, 0) is 194 Å². The van der Waals surface area contributed by atoms with Crippen LogP contribution < -0.4 is 66.6 Å². The molecule has 37 nitrogen and oxygen atoms in total. The first-order chi connectivity index (χ1) is 68.5. The Labute approximate surface area is 881 Å². The monoisotopic (exact) mass is 2150 g/mol. The van der Waals surface area contributed by atoms with Gasteiger partial charge >= 0.3 is 65.8 Å². The van der Waals surface area contributed by atoms with E-state index in [1.54, 1.807) is 163 Å². The molecule has 9 aromatic rings. The maximum atomic E-state index is 13.0. The van der Waals surface area contributed by atoms with E-state index in [4.69, 9.17) is 39.1 Å². The van der Waals surface area contributed by atoms with E-state index in [-0.39, 0.29) is 198 Å². The van der Waals surface area contributed by atoms with E-state index in [0.29, 0.717) is 78.5 Å². The zero-order valence-corrected chi connectivity index (χ0v) is 85.9. The SMILES string of the molecule is C.C.CC(C)(C)OC(=O)N1CCN(Cc2ccc(F)cc2)C(=O)C1.CC(C)(C)OC(=O)N1CCNC(=O)C1.CC(C)OC(=O)c1ncccc1C(=O)N1CCN(Cc2ccc(F)cc2)C(=O)C1.CC(C)OC(=O)c1ncccc1C(=O)O.C[O-].Fc1ccc(CBr)cc1.O=C([O-])C(F)(F)F.O=C1CNCCN1.O=C1CNCCN1Cc1ccc(F)cc1.O=C1c2c(O)c3ncccc3c(=O)n2CCN1Cc1ccc(F)cc1.[Na+]. The number of nitrogens with zero attached hydrogens (tertiary/aromatic N) is 11. The van der Waals surface area contributed by atoms with Crippen LogP contribution in [0, 0.1) is 29.1 Å². The number of fused-ring (bicyclic) bond motifs is 2. The van der Waals surface area contributed by atoms with Crippen LogP contribution in [0.4, 0.5) is 44.7 Å². The number of alkyl halides is 4. The van der Waals surface area contributed by atoms with Crippen molar-refractivity contribution in [3.05, 3.63) is 272 Å². The van der Waals surface area contributed by atoms with Crippen molar-refractivity contribution in [2.45, 2.75) is 152 Å². The summed E-state index contributed by atoms with van der Waals surface area (Å²) in [4.78, 5) is 185. The normalized spacial score (nSPS) is 14.1. The van der Waals surface area contributed by atoms with E-state index in [9.17, 15) is 103 Å². The summed E-state index contributed by atoms with van der Waals surface area (Å²) in [5.41, 5.74) is 2.87. The van der Waals surface area contributed by atoms with Crippen LogP contribution in [0.2, 0.25) is 0 Å². The summed E-state index contributed by atoms with van der Waals surface area (Å²) in [7, 11) is 0.750. The Hall–Kier alpha value is -13.9. The number of pyridine rings is 4. The van der Waals surface area contributed by atoms with Gasteiger partial charge in [0.1, 0.15) is 71.4 Å². The van der Waals surface area contributed by atoms with Crippen LogP contribution in [0.5, 0.6) is 5.75 Å². The number of esters is 2. The third-order valence-electron chi connectivity index (χ3n) is 20.0. The van der Waals surface area contributed by atoms with Gasteiger partial charge in [-0.1, -0.05) is 91.4 Å². The molecule has 0 spiro atoms. The molecule has 5 saturated heterocycles. The second-order valence-corrected chi connectivity index (χ2v) is 34.9. The number of carboxylic acid groups (broad SMARTS) is 2. The Bertz CT molecular complexity index is 5930. The smallest absolute Gasteiger partial charge is 0.857 e. The second-order valence-electron chi connectivity index (χ2n) is 34.4. The number of aromatic hydroxyl groups is 1. The number of amides is 9. The molecule has 0 atom stereocenters. The molecule has 6 aliphatic heterocycles. The minimum absolute atomic E-state index is 0. The van der Waals surface area contributed by atoms with Gasteiger partial charge < -0.3 is 89.9 Å². The van der Waals surface area contributed by atoms with Crippen molar-refractivity contribution in [2.75, 3.05) is 112 Å². The van der Waals surface area contributed by atoms with Crippen molar-refractivity contribution in [1.29, 1.82) is 0 Å². The van der Waals surface area contributed by atoms with Crippen molar-refractivity contribution in [1.82, 2.24) is 75.1 Å². The van der Waals surface area contributed by atoms with Gasteiger partial charge in [-0.15, -0.1) is 0 Å². The minimum atomic E-state index is -5.19. The van der Waals surface area contributed by atoms with E-state index < -0.39 is 65.3 Å². The number of carbonyl (C=O) groups is 13. The number of hydrogen-bond donors (Lipinski definition) is 6. The summed E-state index contributed by atoms with van der Waals surface area (Å²) in [6.45, 7) is 26.4. The number of hydrogen-bond acceptors (Lipinski definition) is 26. The van der Waals surface area contributed by atoms with Crippen LogP contribution in [0.15, 0.2) is 181 Å². The molecule has 5 aromatic carbocycles.